The van der Waals surface area contributed by atoms with Crippen molar-refractivity contribution < 1.29 is 9.90 Å². The van der Waals surface area contributed by atoms with Gasteiger partial charge in [-0.1, -0.05) is 0 Å². The fourth-order valence-corrected chi connectivity index (χ4v) is 3.51. The van der Waals surface area contributed by atoms with Crippen LogP contribution < -0.4 is 20.4 Å². The number of hydrogen-bond donors (Lipinski definition) is 3. The molecular weight excluding hydrogens is 295 g/mol. The minimum absolute atomic E-state index is 0.0115. The Balaban J connectivity index is 2.34. The summed E-state index contributed by atoms with van der Waals surface area (Å²) >= 11 is 0.0308. The number of rotatable bonds is 3. The molecule has 2 aromatic carbocycles. The molecule has 0 saturated heterocycles. The molecule has 0 spiro atoms. The Hall–Kier alpha value is -1.97. The molecule has 0 fully saturated rings. The van der Waals surface area contributed by atoms with Crippen molar-refractivity contribution in [2.24, 2.45) is 5.73 Å². The average Bonchev–Trinajstić information content (AvgIpc) is 2.28. The van der Waals surface area contributed by atoms with Gasteiger partial charge in [0.25, 0.3) is 0 Å². The molecule has 4 nitrogen and oxygen atoms in total. The van der Waals surface area contributed by atoms with Crippen LogP contribution in [0.4, 0.5) is 5.69 Å². The summed E-state index contributed by atoms with van der Waals surface area (Å²) in [7, 11) is 0. The molecule has 5 heteroatoms. The predicted molar refractivity (Wildman–Crippen MR) is 72.5 cm³/mol. The van der Waals surface area contributed by atoms with Crippen molar-refractivity contribution in [2.75, 3.05) is 5.73 Å². The van der Waals surface area contributed by atoms with E-state index in [9.17, 15) is 9.90 Å². The molecule has 0 bridgehead atoms. The van der Waals surface area contributed by atoms with Gasteiger partial charge in [-0.15, -0.1) is 0 Å². The van der Waals surface area contributed by atoms with E-state index in [-0.39, 0.29) is 32.0 Å². The zero-order chi connectivity index (χ0) is 13.1. The third kappa shape index (κ3) is 2.64. The first-order chi connectivity index (χ1) is 8.58. The van der Waals surface area contributed by atoms with Crippen LogP contribution in [-0.4, -0.2) is 26.0 Å². The Kier molecular flexibility index (Phi) is 3.55. The molecule has 92 valence electrons. The molecule has 0 saturated carbocycles. The number of carbonyl (C=O) groups is 1. The van der Waals surface area contributed by atoms with Crippen LogP contribution in [0.3, 0.4) is 0 Å². The van der Waals surface area contributed by atoms with E-state index in [1.165, 1.54) is 0 Å². The minimum atomic E-state index is -0.719. The van der Waals surface area contributed by atoms with Gasteiger partial charge in [0.05, 0.1) is 0 Å². The number of hydrogen-bond acceptors (Lipinski definition) is 3. The molecule has 0 atom stereocenters. The summed E-state index contributed by atoms with van der Waals surface area (Å²) in [6.07, 6.45) is 0. The van der Waals surface area contributed by atoms with Crippen LogP contribution in [0.15, 0.2) is 42.5 Å². The molecule has 0 radical (unpaired) electrons. The molecule has 2 rings (SSSR count). The van der Waals surface area contributed by atoms with Crippen LogP contribution in [0.2, 0.25) is 0 Å². The summed E-state index contributed by atoms with van der Waals surface area (Å²) in [4.78, 5) is 11.1. The first kappa shape index (κ1) is 12.5. The van der Waals surface area contributed by atoms with Gasteiger partial charge in [-0.2, -0.15) is 0 Å². The number of amides is 1. The maximum atomic E-state index is 11.1. The van der Waals surface area contributed by atoms with Gasteiger partial charge < -0.3 is 0 Å². The van der Waals surface area contributed by atoms with Crippen molar-refractivity contribution in [3.8, 4) is 5.75 Å². The zero-order valence-electron chi connectivity index (χ0n) is 9.46. The van der Waals surface area contributed by atoms with Crippen LogP contribution >= 0.6 is 0 Å². The second-order valence-electron chi connectivity index (χ2n) is 3.69. The first-order valence-corrected chi connectivity index (χ1v) is 6.94. The normalized spacial score (nSPS) is 10.2. The van der Waals surface area contributed by atoms with E-state index in [1.54, 1.807) is 12.1 Å². The molecular formula is C13H12N2O2Se. The monoisotopic (exact) mass is 308 g/mol. The van der Waals surface area contributed by atoms with Gasteiger partial charge >= 0.3 is 111 Å². The molecule has 18 heavy (non-hydrogen) atoms. The van der Waals surface area contributed by atoms with Crippen molar-refractivity contribution in [3.05, 3.63) is 48.0 Å². The van der Waals surface area contributed by atoms with Crippen LogP contribution in [0.25, 0.3) is 0 Å². The van der Waals surface area contributed by atoms with E-state index >= 15 is 0 Å². The average molecular weight is 307 g/mol. The van der Waals surface area contributed by atoms with Crippen LogP contribution in [0, 0.1) is 0 Å². The topological polar surface area (TPSA) is 89.3 Å². The summed E-state index contributed by atoms with van der Waals surface area (Å²) in [6, 6.07) is 13.1. The van der Waals surface area contributed by atoms with E-state index in [2.05, 4.69) is 0 Å². The number of aromatic hydroxyl groups is 1. The van der Waals surface area contributed by atoms with E-state index < -0.39 is 5.91 Å². The third-order valence-electron chi connectivity index (χ3n) is 2.35. The summed E-state index contributed by atoms with van der Waals surface area (Å²) in [6.45, 7) is 0. The van der Waals surface area contributed by atoms with Gasteiger partial charge in [0.2, 0.25) is 0 Å². The summed E-state index contributed by atoms with van der Waals surface area (Å²) < 4.78 is 2.06. The fourth-order valence-electron chi connectivity index (χ4n) is 1.57. The number of phenols is 1. The summed E-state index contributed by atoms with van der Waals surface area (Å²) in [5.74, 6) is -0.876. The Bertz CT molecular complexity index is 562. The van der Waals surface area contributed by atoms with Gasteiger partial charge in [0.15, 0.2) is 0 Å². The fraction of sp³-hybridized carbons (Fsp3) is 0. The Morgan fingerprint density at radius 2 is 1.78 bits per heavy atom. The molecule has 0 aliphatic rings. The van der Waals surface area contributed by atoms with Gasteiger partial charge in [0.1, 0.15) is 0 Å². The summed E-state index contributed by atoms with van der Waals surface area (Å²) in [5.41, 5.74) is 11.1. The van der Waals surface area contributed by atoms with Crippen molar-refractivity contribution in [3.63, 3.8) is 0 Å². The van der Waals surface area contributed by atoms with Gasteiger partial charge in [0, 0.05) is 0 Å². The molecule has 0 aliphatic carbocycles. The predicted octanol–water partition coefficient (Wildman–Crippen LogP) is -0.272. The van der Waals surface area contributed by atoms with Gasteiger partial charge in [-0.25, -0.2) is 0 Å². The van der Waals surface area contributed by atoms with Crippen LogP contribution in [0.1, 0.15) is 10.4 Å². The number of carbonyl (C=O) groups excluding carboxylic acids is 1. The van der Waals surface area contributed by atoms with E-state index in [1.807, 2.05) is 30.3 Å². The Morgan fingerprint density at radius 3 is 2.33 bits per heavy atom. The molecule has 0 heterocycles. The first-order valence-electron chi connectivity index (χ1n) is 5.23. The standard InChI is InChI=1S/C13H12N2O2Se/c14-10-6-9(7-11(16)12(10)13(15)17)18-8-4-2-1-3-5-8/h1-7,16H,14H2,(H2,15,17). The molecule has 0 aromatic heterocycles. The molecule has 0 unspecified atom stereocenters. The molecule has 2 aromatic rings. The van der Waals surface area contributed by atoms with Crippen molar-refractivity contribution in [1.29, 1.82) is 0 Å². The van der Waals surface area contributed by atoms with E-state index in [4.69, 9.17) is 11.5 Å². The van der Waals surface area contributed by atoms with E-state index in [0.717, 1.165) is 8.92 Å². The Labute approximate surface area is 111 Å². The van der Waals surface area contributed by atoms with Crippen molar-refractivity contribution in [1.82, 2.24) is 0 Å². The zero-order valence-corrected chi connectivity index (χ0v) is 11.2. The number of benzene rings is 2. The van der Waals surface area contributed by atoms with Crippen LogP contribution in [0.5, 0.6) is 5.75 Å². The molecule has 5 N–H and O–H groups in total. The number of nitrogens with two attached hydrogens (primary N) is 2. The third-order valence-corrected chi connectivity index (χ3v) is 4.40. The van der Waals surface area contributed by atoms with Crippen LogP contribution in [-0.2, 0) is 0 Å². The second kappa shape index (κ2) is 5.12. The number of anilines is 1. The van der Waals surface area contributed by atoms with Gasteiger partial charge in [-0.05, 0) is 0 Å². The summed E-state index contributed by atoms with van der Waals surface area (Å²) in [5, 5.41) is 9.75. The molecule has 1 amide bonds. The van der Waals surface area contributed by atoms with Crippen molar-refractivity contribution in [2.45, 2.75) is 0 Å². The van der Waals surface area contributed by atoms with Crippen molar-refractivity contribution >= 4 is 35.5 Å². The number of nitrogen functional groups attached to an aromatic ring is 1. The maximum absolute atomic E-state index is 11.1. The van der Waals surface area contributed by atoms with E-state index in [0.29, 0.717) is 0 Å². The quantitative estimate of drug-likeness (QED) is 0.538. The van der Waals surface area contributed by atoms with Gasteiger partial charge in [-0.3, -0.25) is 0 Å². The Morgan fingerprint density at radius 1 is 1.11 bits per heavy atom. The number of primary amides is 1. The molecule has 0 aliphatic heterocycles. The SMILES string of the molecule is NC(=O)c1c(N)cc([Se]c2ccccc2)cc1O. The second-order valence-corrected chi connectivity index (χ2v) is 6.09.